The molecule has 25 heavy (non-hydrogen) atoms. The van der Waals surface area contributed by atoms with Gasteiger partial charge < -0.3 is 10.1 Å². The van der Waals surface area contributed by atoms with Crippen LogP contribution in [0.1, 0.15) is 16.7 Å². The van der Waals surface area contributed by atoms with Gasteiger partial charge in [0.05, 0.1) is 0 Å². The van der Waals surface area contributed by atoms with Gasteiger partial charge in [0.25, 0.3) is 0 Å². The third-order valence-electron chi connectivity index (χ3n) is 3.72. The molecular formula is C20H18Cl2N2O. The summed E-state index contributed by atoms with van der Waals surface area (Å²) in [6.45, 7) is 1.86. The van der Waals surface area contributed by atoms with Crippen LogP contribution in [0.4, 0.5) is 0 Å². The van der Waals surface area contributed by atoms with E-state index in [0.29, 0.717) is 16.7 Å². The number of hydrogen-bond acceptors (Lipinski definition) is 3. The number of halogens is 2. The molecule has 2 aromatic carbocycles. The van der Waals surface area contributed by atoms with Crippen molar-refractivity contribution in [2.24, 2.45) is 0 Å². The van der Waals surface area contributed by atoms with E-state index >= 15 is 0 Å². The zero-order chi connectivity index (χ0) is 17.5. The smallest absolute Gasteiger partial charge is 0.120 e. The summed E-state index contributed by atoms with van der Waals surface area (Å²) in [6.07, 6.45) is 3.63. The van der Waals surface area contributed by atoms with Crippen LogP contribution in [-0.2, 0) is 19.7 Å². The number of aromatic nitrogens is 1. The third-order valence-corrected chi connectivity index (χ3v) is 4.43. The number of nitrogens with one attached hydrogen (secondary N) is 1. The average molecular weight is 373 g/mol. The largest absolute Gasteiger partial charge is 0.489 e. The second kappa shape index (κ2) is 8.86. The van der Waals surface area contributed by atoms with Crippen LogP contribution < -0.4 is 10.1 Å². The summed E-state index contributed by atoms with van der Waals surface area (Å²) in [4.78, 5) is 4.11. The van der Waals surface area contributed by atoms with Crippen LogP contribution in [0.5, 0.6) is 5.75 Å². The Labute approximate surface area is 157 Å². The number of pyridine rings is 1. The molecule has 0 radical (unpaired) electrons. The number of nitrogens with zero attached hydrogens (tertiary/aromatic N) is 1. The van der Waals surface area contributed by atoms with E-state index in [2.05, 4.69) is 16.4 Å². The maximum atomic E-state index is 6.17. The molecule has 3 aromatic rings. The Bertz CT molecular complexity index is 805. The first-order chi connectivity index (χ1) is 12.2. The lowest BCUT2D eigenvalue weighted by atomic mass is 10.2. The normalized spacial score (nSPS) is 10.6. The van der Waals surface area contributed by atoms with Gasteiger partial charge in [-0.05, 0) is 41.5 Å². The second-order valence-electron chi connectivity index (χ2n) is 5.60. The topological polar surface area (TPSA) is 34.1 Å². The van der Waals surface area contributed by atoms with Crippen molar-refractivity contribution in [2.45, 2.75) is 19.7 Å². The standard InChI is InChI=1S/C20H18Cl2N2O/c21-19-7-2-8-20(22)18(19)14-25-17-6-1-4-15(10-17)11-24-13-16-5-3-9-23-12-16/h1-10,12,24H,11,13-14H2. The molecule has 0 aliphatic carbocycles. The molecule has 128 valence electrons. The Morgan fingerprint density at radius 2 is 1.60 bits per heavy atom. The van der Waals surface area contributed by atoms with Crippen LogP contribution >= 0.6 is 23.2 Å². The highest BCUT2D eigenvalue weighted by Crippen LogP contribution is 2.26. The number of rotatable bonds is 7. The fourth-order valence-corrected chi connectivity index (χ4v) is 2.93. The molecule has 0 bridgehead atoms. The average Bonchev–Trinajstić information content (AvgIpc) is 2.63. The molecular weight excluding hydrogens is 355 g/mol. The summed E-state index contributed by atoms with van der Waals surface area (Å²) in [7, 11) is 0. The minimum absolute atomic E-state index is 0.338. The van der Waals surface area contributed by atoms with Crippen molar-refractivity contribution < 1.29 is 4.74 Å². The van der Waals surface area contributed by atoms with Crippen molar-refractivity contribution in [3.8, 4) is 5.75 Å². The van der Waals surface area contributed by atoms with Crippen molar-refractivity contribution in [1.82, 2.24) is 10.3 Å². The summed E-state index contributed by atoms with van der Waals surface area (Å²) in [5.41, 5.74) is 3.10. The Morgan fingerprint density at radius 1 is 0.880 bits per heavy atom. The molecule has 1 aromatic heterocycles. The van der Waals surface area contributed by atoms with Gasteiger partial charge in [-0.15, -0.1) is 0 Å². The van der Waals surface area contributed by atoms with E-state index in [0.717, 1.165) is 35.5 Å². The van der Waals surface area contributed by atoms with E-state index in [1.807, 2.05) is 54.7 Å². The number of hydrogen-bond donors (Lipinski definition) is 1. The highest BCUT2D eigenvalue weighted by molar-refractivity contribution is 6.35. The Balaban J connectivity index is 1.56. The molecule has 1 heterocycles. The number of ether oxygens (including phenoxy) is 1. The van der Waals surface area contributed by atoms with Crippen LogP contribution in [0.3, 0.4) is 0 Å². The number of benzene rings is 2. The van der Waals surface area contributed by atoms with Crippen LogP contribution in [0.25, 0.3) is 0 Å². The maximum Gasteiger partial charge on any atom is 0.120 e. The van der Waals surface area contributed by atoms with E-state index in [1.54, 1.807) is 6.20 Å². The Kier molecular flexibility index (Phi) is 6.29. The molecule has 0 fully saturated rings. The molecule has 0 atom stereocenters. The van der Waals surface area contributed by atoms with E-state index in [4.69, 9.17) is 27.9 Å². The van der Waals surface area contributed by atoms with Crippen molar-refractivity contribution in [1.29, 1.82) is 0 Å². The van der Waals surface area contributed by atoms with Crippen LogP contribution in [0.2, 0.25) is 10.0 Å². The van der Waals surface area contributed by atoms with Gasteiger partial charge in [-0.1, -0.05) is 47.5 Å². The molecule has 0 aliphatic heterocycles. The Hall–Kier alpha value is -2.07. The van der Waals surface area contributed by atoms with E-state index in [1.165, 1.54) is 0 Å². The highest BCUT2D eigenvalue weighted by Gasteiger charge is 2.06. The first kappa shape index (κ1) is 17.7. The molecule has 5 heteroatoms. The van der Waals surface area contributed by atoms with Crippen LogP contribution in [0, 0.1) is 0 Å². The Morgan fingerprint density at radius 3 is 2.36 bits per heavy atom. The first-order valence-corrected chi connectivity index (χ1v) is 8.72. The lowest BCUT2D eigenvalue weighted by molar-refractivity contribution is 0.306. The summed E-state index contributed by atoms with van der Waals surface area (Å²) >= 11 is 12.3. The van der Waals surface area contributed by atoms with E-state index in [9.17, 15) is 0 Å². The maximum absolute atomic E-state index is 6.17. The third kappa shape index (κ3) is 5.20. The van der Waals surface area contributed by atoms with Crippen molar-refractivity contribution in [3.05, 3.63) is 93.7 Å². The van der Waals surface area contributed by atoms with Gasteiger partial charge in [0.2, 0.25) is 0 Å². The van der Waals surface area contributed by atoms with E-state index < -0.39 is 0 Å². The van der Waals surface area contributed by atoms with Gasteiger partial charge in [0, 0.05) is 41.1 Å². The molecule has 0 aliphatic rings. The lowest BCUT2D eigenvalue weighted by Gasteiger charge is -2.11. The lowest BCUT2D eigenvalue weighted by Crippen LogP contribution is -2.12. The minimum Gasteiger partial charge on any atom is -0.489 e. The predicted molar refractivity (Wildman–Crippen MR) is 102 cm³/mol. The monoisotopic (exact) mass is 372 g/mol. The summed E-state index contributed by atoms with van der Waals surface area (Å²) < 4.78 is 5.85. The van der Waals surface area contributed by atoms with Gasteiger partial charge in [-0.25, -0.2) is 0 Å². The fourth-order valence-electron chi connectivity index (χ4n) is 2.42. The van der Waals surface area contributed by atoms with Gasteiger partial charge >= 0.3 is 0 Å². The second-order valence-corrected chi connectivity index (χ2v) is 6.42. The SMILES string of the molecule is Clc1cccc(Cl)c1COc1cccc(CNCc2cccnc2)c1. The summed E-state index contributed by atoms with van der Waals surface area (Å²) in [6, 6.07) is 17.4. The van der Waals surface area contributed by atoms with Crippen molar-refractivity contribution >= 4 is 23.2 Å². The summed E-state index contributed by atoms with van der Waals surface area (Å²) in [5, 5.41) is 4.62. The quantitative estimate of drug-likeness (QED) is 0.614. The van der Waals surface area contributed by atoms with Crippen LogP contribution in [-0.4, -0.2) is 4.98 Å². The predicted octanol–water partition coefficient (Wildman–Crippen LogP) is 5.26. The highest BCUT2D eigenvalue weighted by atomic mass is 35.5. The zero-order valence-electron chi connectivity index (χ0n) is 13.6. The molecule has 0 spiro atoms. The summed E-state index contributed by atoms with van der Waals surface area (Å²) in [5.74, 6) is 0.789. The molecule has 0 unspecified atom stereocenters. The molecule has 3 rings (SSSR count). The molecule has 0 amide bonds. The van der Waals surface area contributed by atoms with Gasteiger partial charge in [-0.2, -0.15) is 0 Å². The van der Waals surface area contributed by atoms with E-state index in [-0.39, 0.29) is 0 Å². The minimum atomic E-state index is 0.338. The van der Waals surface area contributed by atoms with Crippen molar-refractivity contribution in [3.63, 3.8) is 0 Å². The van der Waals surface area contributed by atoms with Gasteiger partial charge in [-0.3, -0.25) is 4.98 Å². The van der Waals surface area contributed by atoms with Gasteiger partial charge in [0.15, 0.2) is 0 Å². The molecule has 0 saturated carbocycles. The zero-order valence-corrected chi connectivity index (χ0v) is 15.1. The molecule has 1 N–H and O–H groups in total. The van der Waals surface area contributed by atoms with Gasteiger partial charge in [0.1, 0.15) is 12.4 Å². The molecule has 0 saturated heterocycles. The fraction of sp³-hybridized carbons (Fsp3) is 0.150. The molecule has 3 nitrogen and oxygen atoms in total. The van der Waals surface area contributed by atoms with Crippen LogP contribution in [0.15, 0.2) is 67.0 Å². The first-order valence-electron chi connectivity index (χ1n) is 7.96. The van der Waals surface area contributed by atoms with Crippen molar-refractivity contribution in [2.75, 3.05) is 0 Å².